The summed E-state index contributed by atoms with van der Waals surface area (Å²) in [5, 5.41) is 0. The van der Waals surface area contributed by atoms with Crippen molar-refractivity contribution in [2.45, 2.75) is 69.9 Å². The van der Waals surface area contributed by atoms with E-state index in [9.17, 15) is 13.2 Å². The van der Waals surface area contributed by atoms with Crippen LogP contribution in [0.1, 0.15) is 57.8 Å². The van der Waals surface area contributed by atoms with Crippen LogP contribution in [0.4, 0.5) is 0 Å². The number of methoxy groups -OCH3 is 1. The molecule has 1 heterocycles. The van der Waals surface area contributed by atoms with Gasteiger partial charge in [0, 0.05) is 38.9 Å². The van der Waals surface area contributed by atoms with Crippen molar-refractivity contribution in [2.24, 2.45) is 5.41 Å². The predicted molar refractivity (Wildman–Crippen MR) is 96.7 cm³/mol. The summed E-state index contributed by atoms with van der Waals surface area (Å²) in [6.07, 6.45) is 9.65. The van der Waals surface area contributed by atoms with Gasteiger partial charge in [-0.3, -0.25) is 4.79 Å². The summed E-state index contributed by atoms with van der Waals surface area (Å²) in [7, 11) is -1.52. The first-order valence-corrected chi connectivity index (χ1v) is 11.5. The lowest BCUT2D eigenvalue weighted by Gasteiger charge is -2.40. The number of ether oxygens (including phenoxy) is 1. The molecule has 3 rings (SSSR count). The summed E-state index contributed by atoms with van der Waals surface area (Å²) >= 11 is 0. The van der Waals surface area contributed by atoms with E-state index in [4.69, 9.17) is 4.74 Å². The number of hydrogen-bond donors (Lipinski definition) is 0. The van der Waals surface area contributed by atoms with E-state index in [2.05, 4.69) is 0 Å². The smallest absolute Gasteiger partial charge is 0.228 e. The molecule has 144 valence electrons. The van der Waals surface area contributed by atoms with Crippen molar-refractivity contribution < 1.29 is 17.9 Å². The predicted octanol–water partition coefficient (Wildman–Crippen LogP) is 2.00. The second kappa shape index (κ2) is 7.53. The van der Waals surface area contributed by atoms with Gasteiger partial charge in [-0.05, 0) is 51.4 Å². The number of carbonyl (C=O) groups excluding carboxylic acids is 1. The number of amides is 1. The average Bonchev–Trinajstić information content (AvgIpc) is 3.31. The van der Waals surface area contributed by atoms with Crippen molar-refractivity contribution in [1.29, 1.82) is 0 Å². The minimum atomic E-state index is -3.19. The zero-order chi connectivity index (χ0) is 18.1. The second-order valence-corrected chi connectivity index (χ2v) is 9.97. The maximum Gasteiger partial charge on any atom is 0.228 e. The van der Waals surface area contributed by atoms with E-state index in [0.717, 1.165) is 64.3 Å². The summed E-state index contributed by atoms with van der Waals surface area (Å²) in [5.41, 5.74) is -0.194. The Morgan fingerprint density at radius 1 is 1.12 bits per heavy atom. The zero-order valence-corrected chi connectivity index (χ0v) is 16.4. The van der Waals surface area contributed by atoms with Crippen molar-refractivity contribution in [3.05, 3.63) is 0 Å². The van der Waals surface area contributed by atoms with E-state index in [1.54, 1.807) is 11.4 Å². The Bertz CT molecular complexity index is 584. The van der Waals surface area contributed by atoms with Crippen LogP contribution in [0.2, 0.25) is 0 Å². The molecule has 0 aromatic carbocycles. The quantitative estimate of drug-likeness (QED) is 0.685. The van der Waals surface area contributed by atoms with Gasteiger partial charge in [0.1, 0.15) is 0 Å². The summed E-state index contributed by atoms with van der Waals surface area (Å²) in [6.45, 7) is 2.06. The highest BCUT2D eigenvalue weighted by Gasteiger charge is 2.51. The van der Waals surface area contributed by atoms with E-state index >= 15 is 0 Å². The van der Waals surface area contributed by atoms with Crippen LogP contribution in [-0.2, 0) is 19.6 Å². The van der Waals surface area contributed by atoms with Crippen LogP contribution < -0.4 is 0 Å². The lowest BCUT2D eigenvalue weighted by molar-refractivity contribution is -0.137. The molecule has 1 amide bonds. The van der Waals surface area contributed by atoms with Crippen molar-refractivity contribution in [3.8, 4) is 0 Å². The first kappa shape index (κ1) is 19.1. The fraction of sp³-hybridized carbons (Fsp3) is 0.944. The Kier molecular flexibility index (Phi) is 5.75. The van der Waals surface area contributed by atoms with Gasteiger partial charge in [-0.2, -0.15) is 4.31 Å². The Morgan fingerprint density at radius 2 is 1.76 bits per heavy atom. The molecule has 2 aliphatic carbocycles. The molecule has 3 aliphatic rings. The lowest BCUT2D eigenvalue weighted by atomic mass is 9.91. The molecule has 1 atom stereocenters. The van der Waals surface area contributed by atoms with Gasteiger partial charge in [0.05, 0.1) is 11.7 Å². The minimum absolute atomic E-state index is 0.0484. The van der Waals surface area contributed by atoms with Gasteiger partial charge in [0.2, 0.25) is 15.9 Å². The number of sulfonamides is 1. The molecule has 7 heteroatoms. The highest BCUT2D eigenvalue weighted by atomic mass is 32.2. The molecule has 0 N–H and O–H groups in total. The van der Waals surface area contributed by atoms with Gasteiger partial charge >= 0.3 is 0 Å². The SMILES string of the molecule is COCCC1(C(=O)N2CCCC(N(C3CCC3)S(C)(=O)=O)CC2)CC1. The monoisotopic (exact) mass is 372 g/mol. The first-order chi connectivity index (χ1) is 11.9. The molecule has 2 saturated carbocycles. The normalized spacial score (nSPS) is 27.0. The minimum Gasteiger partial charge on any atom is -0.385 e. The average molecular weight is 373 g/mol. The topological polar surface area (TPSA) is 66.9 Å². The Morgan fingerprint density at radius 3 is 2.28 bits per heavy atom. The van der Waals surface area contributed by atoms with Gasteiger partial charge < -0.3 is 9.64 Å². The molecule has 1 aliphatic heterocycles. The third kappa shape index (κ3) is 4.19. The fourth-order valence-corrected chi connectivity index (χ4v) is 5.88. The number of carbonyl (C=O) groups is 1. The number of nitrogens with zero attached hydrogens (tertiary/aromatic N) is 2. The van der Waals surface area contributed by atoms with Crippen molar-refractivity contribution in [2.75, 3.05) is 33.1 Å². The molecule has 0 radical (unpaired) electrons. The highest BCUT2D eigenvalue weighted by molar-refractivity contribution is 7.88. The largest absolute Gasteiger partial charge is 0.385 e. The van der Waals surface area contributed by atoms with E-state index < -0.39 is 10.0 Å². The zero-order valence-electron chi connectivity index (χ0n) is 15.6. The molecular formula is C18H32N2O4S. The van der Waals surface area contributed by atoms with Gasteiger partial charge in [-0.15, -0.1) is 0 Å². The van der Waals surface area contributed by atoms with Gasteiger partial charge in [-0.1, -0.05) is 6.42 Å². The van der Waals surface area contributed by atoms with Crippen LogP contribution in [0.25, 0.3) is 0 Å². The summed E-state index contributed by atoms with van der Waals surface area (Å²) < 4.78 is 31.6. The maximum absolute atomic E-state index is 13.0. The molecule has 6 nitrogen and oxygen atoms in total. The maximum atomic E-state index is 13.0. The molecule has 1 saturated heterocycles. The first-order valence-electron chi connectivity index (χ1n) is 9.64. The van der Waals surface area contributed by atoms with Crippen LogP contribution in [-0.4, -0.2) is 68.7 Å². The van der Waals surface area contributed by atoms with E-state index in [-0.39, 0.29) is 23.4 Å². The Balaban J connectivity index is 1.63. The van der Waals surface area contributed by atoms with Crippen LogP contribution in [0.15, 0.2) is 0 Å². The summed E-state index contributed by atoms with van der Waals surface area (Å²) in [4.78, 5) is 14.9. The Hall–Kier alpha value is -0.660. The van der Waals surface area contributed by atoms with Crippen LogP contribution in [0, 0.1) is 5.41 Å². The Labute approximate surface area is 151 Å². The van der Waals surface area contributed by atoms with Gasteiger partial charge in [0.15, 0.2) is 0 Å². The molecular weight excluding hydrogens is 340 g/mol. The summed E-state index contributed by atoms with van der Waals surface area (Å²) in [5.74, 6) is 0.264. The second-order valence-electron chi connectivity index (χ2n) is 8.08. The van der Waals surface area contributed by atoms with E-state index in [0.29, 0.717) is 13.2 Å². The van der Waals surface area contributed by atoms with Crippen LogP contribution in [0.5, 0.6) is 0 Å². The third-order valence-electron chi connectivity index (χ3n) is 6.25. The van der Waals surface area contributed by atoms with Crippen molar-refractivity contribution in [3.63, 3.8) is 0 Å². The van der Waals surface area contributed by atoms with Crippen LogP contribution in [0.3, 0.4) is 0 Å². The standard InChI is InChI=1S/C18H32N2O4S/c1-24-14-11-18(9-10-18)17(21)19-12-4-7-16(8-13-19)20(25(2,22)23)15-5-3-6-15/h15-16H,3-14H2,1-2H3. The summed E-state index contributed by atoms with van der Waals surface area (Å²) in [6, 6.07) is 0.228. The number of hydrogen-bond acceptors (Lipinski definition) is 4. The molecule has 0 aromatic rings. The number of rotatable bonds is 7. The molecule has 0 aromatic heterocycles. The fourth-order valence-electron chi connectivity index (χ4n) is 4.37. The number of likely N-dealkylation sites (tertiary alicyclic amines) is 1. The molecule has 25 heavy (non-hydrogen) atoms. The lowest BCUT2D eigenvalue weighted by Crippen LogP contribution is -2.50. The van der Waals surface area contributed by atoms with Crippen molar-refractivity contribution in [1.82, 2.24) is 9.21 Å². The molecule has 1 unspecified atom stereocenters. The third-order valence-corrected chi connectivity index (χ3v) is 7.62. The van der Waals surface area contributed by atoms with Crippen molar-refractivity contribution >= 4 is 15.9 Å². The van der Waals surface area contributed by atoms with E-state index in [1.165, 1.54) is 6.26 Å². The molecule has 3 fully saturated rings. The van der Waals surface area contributed by atoms with E-state index in [1.807, 2.05) is 4.90 Å². The highest BCUT2D eigenvalue weighted by Crippen LogP contribution is 2.50. The molecule has 0 bridgehead atoms. The van der Waals surface area contributed by atoms with Gasteiger partial charge in [-0.25, -0.2) is 8.42 Å². The van der Waals surface area contributed by atoms with Crippen LogP contribution >= 0.6 is 0 Å². The van der Waals surface area contributed by atoms with Gasteiger partial charge in [0.25, 0.3) is 0 Å². The molecule has 0 spiro atoms.